The van der Waals surface area contributed by atoms with Crippen molar-refractivity contribution in [1.82, 2.24) is 20.1 Å². The highest BCUT2D eigenvalue weighted by atomic mass is 16.4. The number of H-pyrrole nitrogens is 1. The van der Waals surface area contributed by atoms with Crippen LogP contribution >= 0.6 is 0 Å². The van der Waals surface area contributed by atoms with Gasteiger partial charge in [0.15, 0.2) is 0 Å². The number of oxazole rings is 1. The number of piperidine rings is 1. The highest BCUT2D eigenvalue weighted by Crippen LogP contribution is 2.32. The molecule has 1 amide bonds. The monoisotopic (exact) mass is 371 g/mol. The molecule has 146 valence electrons. The van der Waals surface area contributed by atoms with Gasteiger partial charge in [0.05, 0.1) is 29.8 Å². The lowest BCUT2D eigenvalue weighted by atomic mass is 9.94. The van der Waals surface area contributed by atoms with Crippen LogP contribution in [0.5, 0.6) is 0 Å². The minimum Gasteiger partial charge on any atom is -0.444 e. The summed E-state index contributed by atoms with van der Waals surface area (Å²) in [5, 5.41) is 10.5. The Morgan fingerprint density at radius 1 is 1.30 bits per heavy atom. The first kappa shape index (κ1) is 18.2. The first-order chi connectivity index (χ1) is 13.1. The van der Waals surface area contributed by atoms with Crippen LogP contribution in [-0.4, -0.2) is 39.1 Å². The summed E-state index contributed by atoms with van der Waals surface area (Å²) in [4.78, 5) is 19.4. The zero-order chi connectivity index (χ0) is 18.8. The van der Waals surface area contributed by atoms with Gasteiger partial charge in [-0.25, -0.2) is 4.98 Å². The van der Waals surface area contributed by atoms with Crippen molar-refractivity contribution in [2.75, 3.05) is 18.4 Å². The average molecular weight is 371 g/mol. The van der Waals surface area contributed by atoms with Crippen molar-refractivity contribution < 1.29 is 9.21 Å². The lowest BCUT2D eigenvalue weighted by Crippen LogP contribution is -2.34. The Kier molecular flexibility index (Phi) is 5.29. The van der Waals surface area contributed by atoms with Gasteiger partial charge in [-0.3, -0.25) is 14.8 Å². The van der Waals surface area contributed by atoms with Crippen molar-refractivity contribution in [3.8, 4) is 0 Å². The SMILES string of the molecule is Cc1nc(CN2CCC[C@@H](c3[nH]ncc3NC(=O)C3CCCC3)C2)oc1C. The normalized spacial score (nSPS) is 21.6. The molecule has 3 heterocycles. The largest absolute Gasteiger partial charge is 0.444 e. The lowest BCUT2D eigenvalue weighted by Gasteiger charge is -2.31. The second kappa shape index (κ2) is 7.84. The fraction of sp³-hybridized carbons (Fsp3) is 0.650. The number of amides is 1. The predicted molar refractivity (Wildman–Crippen MR) is 102 cm³/mol. The lowest BCUT2D eigenvalue weighted by molar-refractivity contribution is -0.119. The van der Waals surface area contributed by atoms with Crippen LogP contribution in [-0.2, 0) is 11.3 Å². The number of aromatic nitrogens is 3. The van der Waals surface area contributed by atoms with Crippen LogP contribution in [0.15, 0.2) is 10.6 Å². The Morgan fingerprint density at radius 3 is 2.85 bits per heavy atom. The number of carbonyl (C=O) groups excluding carboxylic acids is 1. The van der Waals surface area contributed by atoms with Crippen molar-refractivity contribution in [3.63, 3.8) is 0 Å². The zero-order valence-electron chi connectivity index (χ0n) is 16.3. The van der Waals surface area contributed by atoms with Gasteiger partial charge in [0.1, 0.15) is 5.76 Å². The van der Waals surface area contributed by atoms with E-state index < -0.39 is 0 Å². The van der Waals surface area contributed by atoms with Crippen molar-refractivity contribution >= 4 is 11.6 Å². The van der Waals surface area contributed by atoms with E-state index in [-0.39, 0.29) is 11.8 Å². The Hall–Kier alpha value is -2.15. The molecule has 1 saturated heterocycles. The van der Waals surface area contributed by atoms with Gasteiger partial charge in [-0.1, -0.05) is 12.8 Å². The van der Waals surface area contributed by atoms with E-state index >= 15 is 0 Å². The molecule has 0 radical (unpaired) electrons. The maximum atomic E-state index is 12.5. The van der Waals surface area contributed by atoms with E-state index in [0.717, 1.165) is 86.9 Å². The van der Waals surface area contributed by atoms with E-state index in [0.29, 0.717) is 5.92 Å². The van der Waals surface area contributed by atoms with E-state index in [1.807, 2.05) is 13.8 Å². The summed E-state index contributed by atoms with van der Waals surface area (Å²) >= 11 is 0. The standard InChI is InChI=1S/C20H29N5O2/c1-13-14(2)27-18(22-13)12-25-9-5-8-16(11-25)19-17(10-21-24-19)23-20(26)15-6-3-4-7-15/h10,15-16H,3-9,11-12H2,1-2H3,(H,21,24)(H,23,26)/t16-/m1/s1. The highest BCUT2D eigenvalue weighted by molar-refractivity contribution is 5.93. The molecular weight excluding hydrogens is 342 g/mol. The Bertz CT molecular complexity index is 771. The fourth-order valence-electron chi connectivity index (χ4n) is 4.36. The molecule has 2 fully saturated rings. The summed E-state index contributed by atoms with van der Waals surface area (Å²) in [6, 6.07) is 0. The number of anilines is 1. The Labute approximate surface area is 159 Å². The third-order valence-corrected chi connectivity index (χ3v) is 6.00. The van der Waals surface area contributed by atoms with E-state index in [1.165, 1.54) is 0 Å². The molecule has 1 aliphatic heterocycles. The van der Waals surface area contributed by atoms with Gasteiger partial charge < -0.3 is 9.73 Å². The first-order valence-electron chi connectivity index (χ1n) is 10.1. The number of aryl methyl sites for hydroxylation is 2. The third-order valence-electron chi connectivity index (χ3n) is 6.00. The Morgan fingerprint density at radius 2 is 2.11 bits per heavy atom. The maximum absolute atomic E-state index is 12.5. The van der Waals surface area contributed by atoms with Crippen molar-refractivity contribution in [2.24, 2.45) is 5.92 Å². The second-order valence-corrected chi connectivity index (χ2v) is 7.99. The maximum Gasteiger partial charge on any atom is 0.227 e. The number of likely N-dealkylation sites (tertiary alicyclic amines) is 1. The summed E-state index contributed by atoms with van der Waals surface area (Å²) in [6.07, 6.45) is 8.28. The summed E-state index contributed by atoms with van der Waals surface area (Å²) in [6.45, 7) is 6.60. The number of nitrogens with one attached hydrogen (secondary N) is 2. The molecular formula is C20H29N5O2. The van der Waals surface area contributed by atoms with E-state index in [9.17, 15) is 4.79 Å². The molecule has 7 nitrogen and oxygen atoms in total. The molecule has 0 unspecified atom stereocenters. The van der Waals surface area contributed by atoms with Gasteiger partial charge in [-0.05, 0) is 46.1 Å². The molecule has 1 atom stereocenters. The van der Waals surface area contributed by atoms with Gasteiger partial charge in [-0.15, -0.1) is 0 Å². The fourth-order valence-corrected chi connectivity index (χ4v) is 4.36. The quantitative estimate of drug-likeness (QED) is 0.840. The van der Waals surface area contributed by atoms with Crippen LogP contribution in [0.4, 0.5) is 5.69 Å². The number of carbonyl (C=O) groups is 1. The number of hydrogen-bond donors (Lipinski definition) is 2. The van der Waals surface area contributed by atoms with Gasteiger partial charge >= 0.3 is 0 Å². The second-order valence-electron chi connectivity index (χ2n) is 7.99. The summed E-state index contributed by atoms with van der Waals surface area (Å²) in [5.74, 6) is 2.31. The molecule has 2 aliphatic rings. The molecule has 0 spiro atoms. The minimum atomic E-state index is 0.147. The van der Waals surface area contributed by atoms with Gasteiger partial charge in [0, 0.05) is 18.4 Å². The van der Waals surface area contributed by atoms with E-state index in [2.05, 4.69) is 25.4 Å². The number of aromatic amines is 1. The molecule has 7 heteroatoms. The predicted octanol–water partition coefficient (Wildman–Crippen LogP) is 3.52. The minimum absolute atomic E-state index is 0.147. The van der Waals surface area contributed by atoms with Crippen LogP contribution in [0.3, 0.4) is 0 Å². The molecule has 2 aromatic heterocycles. The summed E-state index contributed by atoms with van der Waals surface area (Å²) < 4.78 is 5.75. The zero-order valence-corrected chi connectivity index (χ0v) is 16.3. The van der Waals surface area contributed by atoms with E-state index in [1.54, 1.807) is 6.20 Å². The Balaban J connectivity index is 1.41. The van der Waals surface area contributed by atoms with Crippen LogP contribution in [0.2, 0.25) is 0 Å². The highest BCUT2D eigenvalue weighted by Gasteiger charge is 2.28. The number of rotatable bonds is 5. The molecule has 1 aliphatic carbocycles. The summed E-state index contributed by atoms with van der Waals surface area (Å²) in [5.41, 5.74) is 2.86. The van der Waals surface area contributed by atoms with Gasteiger partial charge in [-0.2, -0.15) is 5.10 Å². The molecule has 1 saturated carbocycles. The van der Waals surface area contributed by atoms with Crippen LogP contribution in [0.1, 0.15) is 67.5 Å². The van der Waals surface area contributed by atoms with Gasteiger partial charge in [0.2, 0.25) is 11.8 Å². The first-order valence-corrected chi connectivity index (χ1v) is 10.1. The van der Waals surface area contributed by atoms with Crippen LogP contribution < -0.4 is 5.32 Å². The third kappa shape index (κ3) is 4.08. The molecule has 2 N–H and O–H groups in total. The van der Waals surface area contributed by atoms with Crippen molar-refractivity contribution in [1.29, 1.82) is 0 Å². The average Bonchev–Trinajstić information content (AvgIpc) is 3.38. The van der Waals surface area contributed by atoms with Crippen molar-refractivity contribution in [2.45, 2.75) is 64.8 Å². The van der Waals surface area contributed by atoms with Crippen LogP contribution in [0, 0.1) is 19.8 Å². The molecule has 4 rings (SSSR count). The number of hydrogen-bond acceptors (Lipinski definition) is 5. The van der Waals surface area contributed by atoms with Crippen molar-refractivity contribution in [3.05, 3.63) is 29.2 Å². The van der Waals surface area contributed by atoms with Gasteiger partial charge in [0.25, 0.3) is 0 Å². The number of nitrogens with zero attached hydrogens (tertiary/aromatic N) is 3. The topological polar surface area (TPSA) is 87.0 Å². The molecule has 27 heavy (non-hydrogen) atoms. The smallest absolute Gasteiger partial charge is 0.227 e. The van der Waals surface area contributed by atoms with E-state index in [4.69, 9.17) is 4.42 Å². The molecule has 2 aromatic rings. The van der Waals surface area contributed by atoms with Crippen LogP contribution in [0.25, 0.3) is 0 Å². The summed E-state index contributed by atoms with van der Waals surface area (Å²) in [7, 11) is 0. The molecule has 0 aromatic carbocycles. The molecule has 0 bridgehead atoms.